The predicted octanol–water partition coefficient (Wildman–Crippen LogP) is 2.80. The van der Waals surface area contributed by atoms with Gasteiger partial charge in [-0.25, -0.2) is 8.78 Å². The van der Waals surface area contributed by atoms with Crippen LogP contribution in [0, 0.1) is 11.6 Å². The molecule has 2 N–H and O–H groups in total. The monoisotopic (exact) mass is 373 g/mol. The fourth-order valence-electron chi connectivity index (χ4n) is 3.07. The average Bonchev–Trinajstić information content (AvgIpc) is 2.66. The van der Waals surface area contributed by atoms with Crippen molar-refractivity contribution in [2.24, 2.45) is 0 Å². The third-order valence-corrected chi connectivity index (χ3v) is 4.53. The molecule has 0 saturated carbocycles. The Morgan fingerprint density at radius 1 is 1.00 bits per heavy atom. The molecule has 1 aliphatic rings. The molecule has 142 valence electrons. The predicted molar refractivity (Wildman–Crippen MR) is 98.4 cm³/mol. The molecule has 0 radical (unpaired) electrons. The van der Waals surface area contributed by atoms with E-state index in [1.165, 1.54) is 6.07 Å². The van der Waals surface area contributed by atoms with Crippen molar-refractivity contribution in [3.8, 4) is 0 Å². The summed E-state index contributed by atoms with van der Waals surface area (Å²) in [5, 5.41) is 5.69. The number of amides is 2. The van der Waals surface area contributed by atoms with Gasteiger partial charge in [-0.2, -0.15) is 0 Å². The number of likely N-dealkylation sites (tertiary alicyclic amines) is 1. The summed E-state index contributed by atoms with van der Waals surface area (Å²) in [5.74, 6) is -2.52. The molecule has 0 bridgehead atoms. The van der Waals surface area contributed by atoms with Gasteiger partial charge in [0.2, 0.25) is 5.91 Å². The van der Waals surface area contributed by atoms with Crippen molar-refractivity contribution in [2.45, 2.75) is 18.9 Å². The first kappa shape index (κ1) is 19.0. The van der Waals surface area contributed by atoms with E-state index in [0.29, 0.717) is 32.5 Å². The van der Waals surface area contributed by atoms with Gasteiger partial charge in [-0.15, -0.1) is 0 Å². The summed E-state index contributed by atoms with van der Waals surface area (Å²) in [6.45, 7) is 1.63. The Labute approximate surface area is 156 Å². The van der Waals surface area contributed by atoms with Crippen LogP contribution in [0.25, 0.3) is 0 Å². The van der Waals surface area contributed by atoms with E-state index in [4.69, 9.17) is 0 Å². The molecule has 2 aromatic rings. The van der Waals surface area contributed by atoms with Gasteiger partial charge in [0.15, 0.2) is 11.6 Å². The summed E-state index contributed by atoms with van der Waals surface area (Å²) in [6.07, 6.45) is 1.38. The second kappa shape index (κ2) is 8.73. The maximum Gasteiger partial charge on any atom is 0.251 e. The molecule has 0 aromatic heterocycles. The minimum atomic E-state index is -1.04. The number of anilines is 1. The van der Waals surface area contributed by atoms with Gasteiger partial charge in [0.1, 0.15) is 0 Å². The third-order valence-electron chi connectivity index (χ3n) is 4.53. The topological polar surface area (TPSA) is 61.4 Å². The van der Waals surface area contributed by atoms with Crippen molar-refractivity contribution < 1.29 is 18.4 Å². The third kappa shape index (κ3) is 5.34. The summed E-state index contributed by atoms with van der Waals surface area (Å²) < 4.78 is 26.2. The van der Waals surface area contributed by atoms with Crippen LogP contribution in [-0.2, 0) is 4.79 Å². The number of benzene rings is 2. The molecule has 0 aliphatic carbocycles. The minimum absolute atomic E-state index is 0.0564. The lowest BCUT2D eigenvalue weighted by Gasteiger charge is -2.31. The first-order valence-corrected chi connectivity index (χ1v) is 8.84. The molecule has 2 amide bonds. The van der Waals surface area contributed by atoms with Crippen LogP contribution < -0.4 is 10.6 Å². The first-order chi connectivity index (χ1) is 13.0. The zero-order valence-electron chi connectivity index (χ0n) is 14.8. The van der Waals surface area contributed by atoms with Crippen LogP contribution in [0.4, 0.5) is 14.5 Å². The Balaban J connectivity index is 1.44. The molecule has 1 fully saturated rings. The summed E-state index contributed by atoms with van der Waals surface area (Å²) in [6, 6.07) is 12.3. The molecule has 3 rings (SSSR count). The van der Waals surface area contributed by atoms with Gasteiger partial charge >= 0.3 is 0 Å². The Morgan fingerprint density at radius 2 is 1.70 bits per heavy atom. The molecule has 1 saturated heterocycles. The lowest BCUT2D eigenvalue weighted by molar-refractivity contribution is -0.117. The van der Waals surface area contributed by atoms with Crippen LogP contribution in [0.5, 0.6) is 0 Å². The van der Waals surface area contributed by atoms with E-state index in [0.717, 1.165) is 17.8 Å². The summed E-state index contributed by atoms with van der Waals surface area (Å²) >= 11 is 0. The normalized spacial score (nSPS) is 15.3. The molecule has 0 atom stereocenters. The van der Waals surface area contributed by atoms with Crippen LogP contribution in [0.3, 0.4) is 0 Å². The minimum Gasteiger partial charge on any atom is -0.349 e. The maximum atomic E-state index is 13.2. The number of hydrogen-bond acceptors (Lipinski definition) is 3. The van der Waals surface area contributed by atoms with Crippen molar-refractivity contribution >= 4 is 17.5 Å². The zero-order chi connectivity index (χ0) is 19.2. The summed E-state index contributed by atoms with van der Waals surface area (Å²) in [7, 11) is 0. The number of nitrogens with zero attached hydrogens (tertiary/aromatic N) is 1. The lowest BCUT2D eigenvalue weighted by atomic mass is 10.0. The zero-order valence-corrected chi connectivity index (χ0v) is 14.8. The van der Waals surface area contributed by atoms with Crippen molar-refractivity contribution in [1.82, 2.24) is 10.2 Å². The Bertz CT molecular complexity index is 806. The van der Waals surface area contributed by atoms with E-state index in [-0.39, 0.29) is 17.5 Å². The van der Waals surface area contributed by atoms with Crippen molar-refractivity contribution in [1.29, 1.82) is 0 Å². The number of piperidine rings is 1. The molecule has 5 nitrogen and oxygen atoms in total. The fourth-order valence-corrected chi connectivity index (χ4v) is 3.07. The number of nitrogens with one attached hydrogen (secondary N) is 2. The Morgan fingerprint density at radius 3 is 2.37 bits per heavy atom. The van der Waals surface area contributed by atoms with E-state index in [1.54, 1.807) is 0 Å². The van der Waals surface area contributed by atoms with Gasteiger partial charge in [-0.3, -0.25) is 14.5 Å². The highest BCUT2D eigenvalue weighted by molar-refractivity contribution is 5.94. The fraction of sp³-hybridized carbons (Fsp3) is 0.300. The highest BCUT2D eigenvalue weighted by atomic mass is 19.2. The van der Waals surface area contributed by atoms with Crippen molar-refractivity contribution in [3.05, 3.63) is 65.7 Å². The lowest BCUT2D eigenvalue weighted by Crippen LogP contribution is -2.46. The van der Waals surface area contributed by atoms with Gasteiger partial charge in [-0.05, 0) is 43.2 Å². The van der Waals surface area contributed by atoms with Crippen molar-refractivity contribution in [2.75, 3.05) is 25.0 Å². The van der Waals surface area contributed by atoms with Gasteiger partial charge in [0.25, 0.3) is 5.91 Å². The van der Waals surface area contributed by atoms with Crippen LogP contribution in [0.2, 0.25) is 0 Å². The first-order valence-electron chi connectivity index (χ1n) is 8.84. The number of para-hydroxylation sites is 1. The number of halogens is 2. The molecule has 1 heterocycles. The second-order valence-corrected chi connectivity index (χ2v) is 6.57. The molecule has 27 heavy (non-hydrogen) atoms. The van der Waals surface area contributed by atoms with E-state index < -0.39 is 17.5 Å². The van der Waals surface area contributed by atoms with Crippen LogP contribution in [0.15, 0.2) is 48.5 Å². The smallest absolute Gasteiger partial charge is 0.251 e. The van der Waals surface area contributed by atoms with Gasteiger partial charge in [0.05, 0.1) is 6.54 Å². The van der Waals surface area contributed by atoms with Crippen molar-refractivity contribution in [3.63, 3.8) is 0 Å². The van der Waals surface area contributed by atoms with Gasteiger partial charge < -0.3 is 10.6 Å². The molecule has 0 spiro atoms. The van der Waals surface area contributed by atoms with E-state index >= 15 is 0 Å². The van der Waals surface area contributed by atoms with Crippen LogP contribution >= 0.6 is 0 Å². The molecule has 7 heteroatoms. The highest BCUT2D eigenvalue weighted by Gasteiger charge is 2.23. The summed E-state index contributed by atoms with van der Waals surface area (Å²) in [5.41, 5.74) is 0.856. The summed E-state index contributed by atoms with van der Waals surface area (Å²) in [4.78, 5) is 26.3. The number of hydrogen-bond donors (Lipinski definition) is 2. The highest BCUT2D eigenvalue weighted by Crippen LogP contribution is 2.13. The largest absolute Gasteiger partial charge is 0.349 e. The van der Waals surface area contributed by atoms with E-state index in [1.807, 2.05) is 35.2 Å². The SMILES string of the molecule is O=C(CN1CCC(NC(=O)c2ccc(F)c(F)c2)CC1)Nc1ccccc1. The average molecular weight is 373 g/mol. The van der Waals surface area contributed by atoms with Crippen LogP contribution in [-0.4, -0.2) is 42.4 Å². The maximum absolute atomic E-state index is 13.2. The Hall–Kier alpha value is -2.80. The number of carbonyl (C=O) groups is 2. The molecule has 2 aromatic carbocycles. The molecular formula is C20H21F2N3O2. The number of carbonyl (C=O) groups excluding carboxylic acids is 2. The van der Waals surface area contributed by atoms with Gasteiger partial charge in [-0.1, -0.05) is 18.2 Å². The quantitative estimate of drug-likeness (QED) is 0.847. The molecule has 0 unspecified atom stereocenters. The van der Waals surface area contributed by atoms with Gasteiger partial charge in [0, 0.05) is 30.4 Å². The van der Waals surface area contributed by atoms with Crippen LogP contribution in [0.1, 0.15) is 23.2 Å². The number of rotatable bonds is 5. The Kier molecular flexibility index (Phi) is 6.13. The molecule has 1 aliphatic heterocycles. The molecular weight excluding hydrogens is 352 g/mol. The van der Waals surface area contributed by atoms with E-state index in [9.17, 15) is 18.4 Å². The van der Waals surface area contributed by atoms with E-state index in [2.05, 4.69) is 10.6 Å². The standard InChI is InChI=1S/C20H21F2N3O2/c21-17-7-6-14(12-18(17)22)20(27)24-16-8-10-25(11-9-16)13-19(26)23-15-4-2-1-3-5-15/h1-7,12,16H,8-11,13H2,(H,23,26)(H,24,27). The second-order valence-electron chi connectivity index (χ2n) is 6.57.